The van der Waals surface area contributed by atoms with Crippen molar-refractivity contribution in [3.8, 4) is 23.0 Å². The van der Waals surface area contributed by atoms with Crippen LogP contribution in [-0.4, -0.2) is 23.9 Å². The van der Waals surface area contributed by atoms with Crippen molar-refractivity contribution >= 4 is 23.9 Å². The van der Waals surface area contributed by atoms with Crippen molar-refractivity contribution < 1.29 is 38.1 Å². The maximum absolute atomic E-state index is 12.2. The molecule has 0 aliphatic carbocycles. The zero-order valence-corrected chi connectivity index (χ0v) is 29.0. The minimum Gasteiger partial charge on any atom is -0.426 e. The molecule has 0 aliphatic rings. The third-order valence-electron chi connectivity index (χ3n) is 7.25. The molecule has 0 atom stereocenters. The van der Waals surface area contributed by atoms with Crippen LogP contribution in [0, 0.1) is 0 Å². The normalized spacial score (nSPS) is 10.8. The van der Waals surface area contributed by atoms with E-state index >= 15 is 0 Å². The third-order valence-corrected chi connectivity index (χ3v) is 7.25. The first-order valence-electron chi connectivity index (χ1n) is 15.4. The van der Waals surface area contributed by atoms with Crippen molar-refractivity contribution in [1.82, 2.24) is 0 Å². The highest BCUT2D eigenvalue weighted by Crippen LogP contribution is 2.41. The van der Waals surface area contributed by atoms with Gasteiger partial charge in [-0.15, -0.1) is 6.58 Å². The molecule has 0 N–H and O–H groups in total. The average Bonchev–Trinajstić information content (AvgIpc) is 2.92. The van der Waals surface area contributed by atoms with E-state index in [1.165, 1.54) is 27.7 Å². The van der Waals surface area contributed by atoms with Crippen molar-refractivity contribution in [3.05, 3.63) is 82.0 Å². The summed E-state index contributed by atoms with van der Waals surface area (Å²) in [5.41, 5.74) is 5.90. The average molecular weight is 633 g/mol. The van der Waals surface area contributed by atoms with E-state index in [1.54, 1.807) is 18.2 Å². The zero-order chi connectivity index (χ0) is 34.8. The van der Waals surface area contributed by atoms with Crippen molar-refractivity contribution in [2.45, 2.75) is 107 Å². The monoisotopic (exact) mass is 632 g/mol. The Hall–Kier alpha value is -4.46. The third kappa shape index (κ3) is 11.2. The molecule has 8 nitrogen and oxygen atoms in total. The first-order valence-corrected chi connectivity index (χ1v) is 15.4. The molecule has 2 aromatic rings. The van der Waals surface area contributed by atoms with E-state index in [-0.39, 0.29) is 11.5 Å². The van der Waals surface area contributed by atoms with Crippen LogP contribution in [0.25, 0.3) is 0 Å². The van der Waals surface area contributed by atoms with Gasteiger partial charge in [-0.25, -0.2) is 0 Å². The van der Waals surface area contributed by atoms with Crippen LogP contribution in [0.3, 0.4) is 0 Å². The van der Waals surface area contributed by atoms with Crippen LogP contribution in [0.2, 0.25) is 0 Å². The highest BCUT2D eigenvalue weighted by atomic mass is 16.6. The number of carbonyl (C=O) groups is 4. The number of benzene rings is 2. The smallest absolute Gasteiger partial charge is 0.308 e. The Morgan fingerprint density at radius 3 is 1.61 bits per heavy atom. The Morgan fingerprint density at radius 2 is 1.11 bits per heavy atom. The van der Waals surface area contributed by atoms with Crippen LogP contribution < -0.4 is 18.9 Å². The van der Waals surface area contributed by atoms with E-state index in [1.807, 2.05) is 47.6 Å². The van der Waals surface area contributed by atoms with Crippen molar-refractivity contribution in [3.63, 3.8) is 0 Å². The number of ether oxygens (including phenoxy) is 4. The lowest BCUT2D eigenvalue weighted by atomic mass is 9.82. The molecule has 248 valence electrons. The summed E-state index contributed by atoms with van der Waals surface area (Å²) in [4.78, 5) is 48.3. The molecule has 0 amide bonds. The molecule has 0 aliphatic heterocycles. The molecule has 0 heterocycles. The van der Waals surface area contributed by atoms with Crippen LogP contribution in [0.5, 0.6) is 23.0 Å². The van der Waals surface area contributed by atoms with Gasteiger partial charge in [-0.3, -0.25) is 19.2 Å². The van der Waals surface area contributed by atoms with Gasteiger partial charge < -0.3 is 18.9 Å². The van der Waals surface area contributed by atoms with Gasteiger partial charge in [-0.1, -0.05) is 43.2 Å². The van der Waals surface area contributed by atoms with Crippen LogP contribution >= 0.6 is 0 Å². The van der Waals surface area contributed by atoms with Crippen LogP contribution in [0.1, 0.15) is 103 Å². The van der Waals surface area contributed by atoms with Gasteiger partial charge in [0.05, 0.1) is 0 Å². The summed E-state index contributed by atoms with van der Waals surface area (Å²) in [6.45, 7) is 21.2. The zero-order valence-electron chi connectivity index (χ0n) is 29.0. The number of aryl methyl sites for hydroxylation is 2. The Morgan fingerprint density at radius 1 is 0.630 bits per heavy atom. The standard InChI is InChI=1S/C38H48O8/c1-12-38(10,11)33-20-30(34(43-25(6)39)22-35(33)44-26(7)40)15-13-14-29-21-36(45-27(8)41)37(46-28(9)42)32(19-17-24(4)5)31(29)18-16-23(2)3/h12,16-17,20-22H,1,13-15,18-19H2,2-11H3. The summed E-state index contributed by atoms with van der Waals surface area (Å²) in [6.07, 6.45) is 8.73. The summed E-state index contributed by atoms with van der Waals surface area (Å²) in [6, 6.07) is 5.27. The highest BCUT2D eigenvalue weighted by Gasteiger charge is 2.26. The molecule has 0 bridgehead atoms. The van der Waals surface area contributed by atoms with Crippen molar-refractivity contribution in [1.29, 1.82) is 0 Å². The summed E-state index contributed by atoms with van der Waals surface area (Å²) in [5, 5.41) is 0. The van der Waals surface area contributed by atoms with Crippen LogP contribution in [0.15, 0.2) is 54.2 Å². The first-order chi connectivity index (χ1) is 21.4. The van der Waals surface area contributed by atoms with Crippen molar-refractivity contribution in [2.75, 3.05) is 0 Å². The molecule has 0 unspecified atom stereocenters. The molecule has 8 heteroatoms. The number of rotatable bonds is 14. The Bertz CT molecular complexity index is 1550. The summed E-state index contributed by atoms with van der Waals surface area (Å²) in [7, 11) is 0. The summed E-state index contributed by atoms with van der Waals surface area (Å²) >= 11 is 0. The fraction of sp³-hybridized carbons (Fsp3) is 0.421. The Balaban J connectivity index is 2.73. The van der Waals surface area contributed by atoms with E-state index in [2.05, 4.69) is 18.7 Å². The van der Waals surface area contributed by atoms with Gasteiger partial charge in [0, 0.05) is 50.3 Å². The van der Waals surface area contributed by atoms with Gasteiger partial charge in [0.1, 0.15) is 11.5 Å². The molecule has 0 spiro atoms. The first kappa shape index (κ1) is 37.7. The molecule has 0 saturated heterocycles. The van der Waals surface area contributed by atoms with Gasteiger partial charge in [0.2, 0.25) is 0 Å². The molecule has 2 rings (SSSR count). The van der Waals surface area contributed by atoms with Crippen LogP contribution in [-0.2, 0) is 50.3 Å². The number of esters is 4. The predicted octanol–water partition coefficient (Wildman–Crippen LogP) is 8.04. The lowest BCUT2D eigenvalue weighted by molar-refractivity contribution is -0.134. The van der Waals surface area contributed by atoms with E-state index in [9.17, 15) is 19.2 Å². The summed E-state index contributed by atoms with van der Waals surface area (Å²) in [5.74, 6) is -0.971. The van der Waals surface area contributed by atoms with Gasteiger partial charge in [0.25, 0.3) is 0 Å². The molecule has 2 aromatic carbocycles. The topological polar surface area (TPSA) is 105 Å². The SMILES string of the molecule is C=CC(C)(C)c1cc(CCCc2cc(OC(C)=O)c(OC(C)=O)c(CC=C(C)C)c2CC=C(C)C)c(OC(C)=O)cc1OC(C)=O. The van der Waals surface area contributed by atoms with E-state index < -0.39 is 29.3 Å². The quantitative estimate of drug-likeness (QED) is 0.117. The number of hydrogen-bond acceptors (Lipinski definition) is 8. The minimum absolute atomic E-state index is 0.192. The molecule has 0 aromatic heterocycles. The molecule has 0 fully saturated rings. The fourth-order valence-corrected chi connectivity index (χ4v) is 4.96. The lowest BCUT2D eigenvalue weighted by Gasteiger charge is -2.25. The maximum Gasteiger partial charge on any atom is 0.308 e. The molecular formula is C38H48O8. The molecule has 0 saturated carbocycles. The molecule has 46 heavy (non-hydrogen) atoms. The number of hydrogen-bond donors (Lipinski definition) is 0. The van der Waals surface area contributed by atoms with Gasteiger partial charge in [-0.05, 0) is 88.6 Å². The van der Waals surface area contributed by atoms with E-state index in [4.69, 9.17) is 18.9 Å². The second-order valence-electron chi connectivity index (χ2n) is 12.4. The van der Waals surface area contributed by atoms with E-state index in [0.717, 1.165) is 39.0 Å². The van der Waals surface area contributed by atoms with Crippen molar-refractivity contribution in [2.24, 2.45) is 0 Å². The van der Waals surface area contributed by atoms with Gasteiger partial charge >= 0.3 is 23.9 Å². The van der Waals surface area contributed by atoms with Crippen LogP contribution in [0.4, 0.5) is 0 Å². The fourth-order valence-electron chi connectivity index (χ4n) is 4.96. The Labute approximate surface area is 273 Å². The second-order valence-corrected chi connectivity index (χ2v) is 12.4. The molecular weight excluding hydrogens is 584 g/mol. The van der Waals surface area contributed by atoms with Gasteiger partial charge in [0.15, 0.2) is 11.5 Å². The lowest BCUT2D eigenvalue weighted by Crippen LogP contribution is -2.18. The molecule has 0 radical (unpaired) electrons. The largest absolute Gasteiger partial charge is 0.426 e. The Kier molecular flexibility index (Phi) is 13.7. The minimum atomic E-state index is -0.545. The second kappa shape index (κ2) is 16.7. The van der Waals surface area contributed by atoms with E-state index in [0.29, 0.717) is 43.6 Å². The highest BCUT2D eigenvalue weighted by molar-refractivity contribution is 5.76. The maximum atomic E-state index is 12.2. The number of allylic oxidation sites excluding steroid dienone is 5. The number of carbonyl (C=O) groups excluding carboxylic acids is 4. The summed E-state index contributed by atoms with van der Waals surface area (Å²) < 4.78 is 22.4. The predicted molar refractivity (Wildman–Crippen MR) is 180 cm³/mol. The van der Waals surface area contributed by atoms with Gasteiger partial charge in [-0.2, -0.15) is 0 Å².